The summed E-state index contributed by atoms with van der Waals surface area (Å²) in [6, 6.07) is 55.4. The molecule has 95 heavy (non-hydrogen) atoms. The van der Waals surface area contributed by atoms with Crippen LogP contribution in [0.1, 0.15) is 113 Å². The van der Waals surface area contributed by atoms with E-state index in [1.807, 2.05) is 135 Å². The highest BCUT2D eigenvalue weighted by Crippen LogP contribution is 2.56. The number of ether oxygens (including phenoxy) is 6. The van der Waals surface area contributed by atoms with E-state index in [-0.39, 0.29) is 44.3 Å². The van der Waals surface area contributed by atoms with Crippen molar-refractivity contribution in [2.45, 2.75) is 96.3 Å². The van der Waals surface area contributed by atoms with Gasteiger partial charge in [0, 0.05) is 73.9 Å². The van der Waals surface area contributed by atoms with Gasteiger partial charge in [-0.15, -0.1) is 0 Å². The monoisotopic (exact) mass is 1270 g/mol. The molecule has 0 radical (unpaired) electrons. The third kappa shape index (κ3) is 12.7. The summed E-state index contributed by atoms with van der Waals surface area (Å²) in [5.74, 6) is 1.08. The Hall–Kier alpha value is -11.1. The molecule has 8 aromatic rings. The number of hydrogen-bond donors (Lipinski definition) is 4. The molecule has 8 aromatic carbocycles. The van der Waals surface area contributed by atoms with E-state index in [0.717, 1.165) is 33.6 Å². The lowest BCUT2D eigenvalue weighted by Gasteiger charge is -2.47. The number of rotatable bonds is 18. The minimum atomic E-state index is -0.997. The van der Waals surface area contributed by atoms with Crippen LogP contribution in [0.2, 0.25) is 0 Å². The van der Waals surface area contributed by atoms with Gasteiger partial charge in [-0.2, -0.15) is 0 Å². The van der Waals surface area contributed by atoms with Gasteiger partial charge in [0.05, 0.1) is 23.9 Å². The number of para-hydroxylation sites is 2. The minimum absolute atomic E-state index is 0.00436. The van der Waals surface area contributed by atoms with Gasteiger partial charge in [-0.05, 0) is 175 Å². The second-order valence-corrected chi connectivity index (χ2v) is 25.2. The smallest absolute Gasteiger partial charge is 0.411 e. The van der Waals surface area contributed by atoms with E-state index >= 15 is 0 Å². The molecule has 0 aromatic heterocycles. The molecule has 0 bridgehead atoms. The van der Waals surface area contributed by atoms with E-state index in [2.05, 4.69) is 70.9 Å². The number of nitrogens with zero attached hydrogens (tertiary/aromatic N) is 2. The Morgan fingerprint density at radius 3 is 1.24 bits per heavy atom. The number of fused-ring (bicyclic) bond motifs is 4. The van der Waals surface area contributed by atoms with Gasteiger partial charge in [-0.1, -0.05) is 109 Å². The summed E-state index contributed by atoms with van der Waals surface area (Å²) in [6.45, 7) is 16.0. The second kappa shape index (κ2) is 26.1. The lowest BCUT2D eigenvalue weighted by molar-refractivity contribution is 0.0495. The van der Waals surface area contributed by atoms with E-state index in [4.69, 9.17) is 28.4 Å². The van der Waals surface area contributed by atoms with Gasteiger partial charge in [0.15, 0.2) is 11.6 Å². The van der Waals surface area contributed by atoms with Gasteiger partial charge in [0.25, 0.3) is 0 Å². The molecule has 4 unspecified atom stereocenters. The maximum Gasteiger partial charge on any atom is 0.411 e. The number of benzene rings is 8. The van der Waals surface area contributed by atoms with E-state index in [0.29, 0.717) is 67.6 Å². The van der Waals surface area contributed by atoms with Gasteiger partial charge in [0.1, 0.15) is 36.9 Å². The molecule has 0 aliphatic carbocycles. The first-order chi connectivity index (χ1) is 45.6. The van der Waals surface area contributed by atoms with Crippen molar-refractivity contribution in [3.8, 4) is 11.5 Å². The molecule has 484 valence electrons. The first-order valence-electron chi connectivity index (χ1n) is 31.7. The van der Waals surface area contributed by atoms with Crippen LogP contribution in [-0.4, -0.2) is 85.9 Å². The average molecular weight is 1280 g/mol. The van der Waals surface area contributed by atoms with Crippen molar-refractivity contribution in [3.63, 3.8) is 0 Å². The highest BCUT2D eigenvalue weighted by molar-refractivity contribution is 6.10. The van der Waals surface area contributed by atoms with Crippen molar-refractivity contribution in [2.24, 2.45) is 0 Å². The Kier molecular flexibility index (Phi) is 17.6. The summed E-state index contributed by atoms with van der Waals surface area (Å²) < 4.78 is 36.9. The summed E-state index contributed by atoms with van der Waals surface area (Å²) in [5, 5.41) is 11.1. The van der Waals surface area contributed by atoms with E-state index < -0.39 is 58.9 Å². The normalized spacial score (nSPS) is 17.7. The minimum Gasteiger partial charge on any atom is -0.463 e. The Morgan fingerprint density at radius 2 is 0.832 bits per heavy atom. The summed E-state index contributed by atoms with van der Waals surface area (Å²) in [5.41, 5.74) is 7.70. The van der Waals surface area contributed by atoms with Crippen molar-refractivity contribution in [1.82, 2.24) is 0 Å². The van der Waals surface area contributed by atoms with Gasteiger partial charge in [-0.3, -0.25) is 30.9 Å². The van der Waals surface area contributed by atoms with Crippen LogP contribution in [0.5, 0.6) is 11.5 Å². The van der Waals surface area contributed by atoms with Crippen LogP contribution in [0.25, 0.3) is 12.2 Å². The van der Waals surface area contributed by atoms with Crippen LogP contribution < -0.4 is 40.5 Å². The van der Waals surface area contributed by atoms with Crippen molar-refractivity contribution < 1.29 is 57.2 Å². The molecule has 18 heteroatoms. The highest BCUT2D eigenvalue weighted by Gasteiger charge is 2.60. The highest BCUT2D eigenvalue weighted by atomic mass is 16.6. The summed E-state index contributed by atoms with van der Waals surface area (Å²) >= 11 is 0. The quantitative estimate of drug-likeness (QED) is 0.0465. The molecule has 4 atom stereocenters. The molecule has 18 nitrogen and oxygen atoms in total. The summed E-state index contributed by atoms with van der Waals surface area (Å²) in [7, 11) is 0. The van der Waals surface area contributed by atoms with E-state index in [1.165, 1.54) is 0 Å². The number of carbonyl (C=O) groups excluding carboxylic acids is 6. The number of aryl methyl sites for hydroxylation is 2. The largest absolute Gasteiger partial charge is 0.463 e. The zero-order chi connectivity index (χ0) is 66.8. The van der Waals surface area contributed by atoms with Crippen molar-refractivity contribution in [1.29, 1.82) is 0 Å². The predicted molar refractivity (Wildman–Crippen MR) is 367 cm³/mol. The first-order valence-corrected chi connectivity index (χ1v) is 31.7. The van der Waals surface area contributed by atoms with Crippen LogP contribution in [0.4, 0.5) is 53.3 Å². The molecular weight excluding hydrogens is 1200 g/mol. The molecule has 4 aliphatic rings. The Morgan fingerprint density at radius 1 is 0.442 bits per heavy atom. The Bertz CT molecular complexity index is 4100. The number of anilines is 6. The predicted octanol–water partition coefficient (Wildman–Crippen LogP) is 16.0. The summed E-state index contributed by atoms with van der Waals surface area (Å²) in [4.78, 5) is 84.2. The Labute approximate surface area is 551 Å². The lowest BCUT2D eigenvalue weighted by Crippen LogP contribution is -2.60. The number of carbonyl (C=O) groups is 6. The van der Waals surface area contributed by atoms with Gasteiger partial charge >= 0.3 is 24.4 Å². The summed E-state index contributed by atoms with van der Waals surface area (Å²) in [6.07, 6.45) is 3.86. The van der Waals surface area contributed by atoms with E-state index in [9.17, 15) is 28.8 Å². The number of hydrogen-bond acceptors (Lipinski definition) is 14. The number of amides is 4. The van der Waals surface area contributed by atoms with Gasteiger partial charge in [-0.25, -0.2) is 19.2 Å². The lowest BCUT2D eigenvalue weighted by atomic mass is 9.76. The van der Waals surface area contributed by atoms with Crippen LogP contribution in [0, 0.1) is 13.8 Å². The molecule has 4 amide bonds. The van der Waals surface area contributed by atoms with Crippen molar-refractivity contribution in [2.75, 3.05) is 57.4 Å². The zero-order valence-electron chi connectivity index (χ0n) is 54.1. The fraction of sp³-hybridized carbons (Fsp3) is 0.247. The molecule has 4 N–H and O–H groups in total. The zero-order valence-corrected chi connectivity index (χ0v) is 54.1. The fourth-order valence-electron chi connectivity index (χ4n) is 13.2. The standard InChI is InChI=1S/C77H74N6O12/c1-48-27-31-58(46-62(48)80-70(86)90-41-39-82-64-25-17-15-23-60(64)74(5,6)76(82)37-35-54-44-56(29-33-66(54)94-76)68(84)52-19-11-9-12-20-52)78-72(88)92-50(3)43-51(4)93-73(89)79-59-32-28-49(2)63(47-59)81-71(87)91-42-40-83-65-26-18-16-24-61(65)75(7,8)77(83)38-36-55-45-57(30-34-67(55)95-77)69(85)53-21-13-10-14-22-53/h9-38,44-47,50-51H,39-43H2,1-8H3,(H,78,88)(H,79,89)(H,80,86)(H,81,87). The molecule has 12 rings (SSSR count). The molecule has 4 heterocycles. The van der Waals surface area contributed by atoms with Gasteiger partial charge in [0.2, 0.25) is 11.4 Å². The fourth-order valence-corrected chi connectivity index (χ4v) is 13.2. The van der Waals surface area contributed by atoms with Gasteiger partial charge < -0.3 is 38.2 Å². The number of nitrogens with one attached hydrogen (secondary N) is 4. The average Bonchev–Trinajstić information content (AvgIpc) is 1.56. The molecule has 2 spiro atoms. The molecule has 4 aliphatic heterocycles. The maximum atomic E-state index is 13.5. The molecule has 0 fully saturated rings. The van der Waals surface area contributed by atoms with Crippen LogP contribution in [0.3, 0.4) is 0 Å². The van der Waals surface area contributed by atoms with Crippen LogP contribution in [-0.2, 0) is 29.8 Å². The van der Waals surface area contributed by atoms with E-state index in [1.54, 1.807) is 86.6 Å². The molecule has 0 saturated carbocycles. The van der Waals surface area contributed by atoms with Crippen LogP contribution >= 0.6 is 0 Å². The van der Waals surface area contributed by atoms with Crippen LogP contribution in [0.15, 0.2) is 194 Å². The molecular formula is C77H74N6O12. The number of ketones is 2. The third-order valence-electron chi connectivity index (χ3n) is 18.3. The first kappa shape index (κ1) is 64.0. The molecule has 0 saturated heterocycles. The van der Waals surface area contributed by atoms with Crippen molar-refractivity contribution >= 4 is 82.2 Å². The SMILES string of the molecule is Cc1ccc(NC(=O)OC(C)CC(C)OC(=O)Nc2ccc(C)c(NC(=O)OCCN3c4ccccc4C(C)(C)C34C=Cc3cc(C(=O)c5ccccc5)ccc3O4)c2)cc1NC(=O)OCCN1c2ccccc2C(C)(C)C12C=Cc1cc(C(=O)c3ccccc3)ccc1O2. The topological polar surface area (TPSA) is 212 Å². The van der Waals surface area contributed by atoms with Crippen molar-refractivity contribution in [3.05, 3.63) is 250 Å². The maximum absolute atomic E-state index is 13.5. The second-order valence-electron chi connectivity index (χ2n) is 25.2. The Balaban J connectivity index is 0.597. The third-order valence-corrected chi connectivity index (χ3v) is 18.3.